The molecular formula is C18H21NO. The molecule has 1 aromatic heterocycles. The molecule has 0 saturated carbocycles. The normalized spacial score (nSPS) is 12.3. The van der Waals surface area contributed by atoms with E-state index in [-0.39, 0.29) is 5.56 Å². The number of hydrogen-bond acceptors (Lipinski definition) is 1. The van der Waals surface area contributed by atoms with Crippen LogP contribution in [0.5, 0.6) is 0 Å². The van der Waals surface area contributed by atoms with Gasteiger partial charge in [0.2, 0.25) is 0 Å². The van der Waals surface area contributed by atoms with Gasteiger partial charge in [-0.3, -0.25) is 4.79 Å². The molecule has 0 radical (unpaired) electrons. The summed E-state index contributed by atoms with van der Waals surface area (Å²) in [5.41, 5.74) is 1.14. The Kier molecular flexibility index (Phi) is 3.93. The van der Waals surface area contributed by atoms with E-state index in [1.807, 2.05) is 31.2 Å². The van der Waals surface area contributed by atoms with Crippen molar-refractivity contribution in [1.82, 2.24) is 4.57 Å². The van der Waals surface area contributed by atoms with Crippen LogP contribution in [0.3, 0.4) is 0 Å². The van der Waals surface area contributed by atoms with Crippen molar-refractivity contribution in [2.45, 2.75) is 27.3 Å². The topological polar surface area (TPSA) is 22.0 Å². The molecule has 0 amide bonds. The van der Waals surface area contributed by atoms with Gasteiger partial charge in [-0.2, -0.15) is 0 Å². The highest BCUT2D eigenvalue weighted by atomic mass is 16.1. The highest BCUT2D eigenvalue weighted by molar-refractivity contribution is 5.86. The summed E-state index contributed by atoms with van der Waals surface area (Å²) >= 11 is 0. The fraction of sp³-hybridized carbons (Fsp3) is 0.278. The lowest BCUT2D eigenvalue weighted by Gasteiger charge is -2.13. The van der Waals surface area contributed by atoms with Crippen LogP contribution < -0.4 is 16.1 Å². The van der Waals surface area contributed by atoms with E-state index in [1.54, 1.807) is 10.6 Å². The molecule has 2 heteroatoms. The molecule has 0 aliphatic carbocycles. The maximum Gasteiger partial charge on any atom is 0.258 e. The van der Waals surface area contributed by atoms with Gasteiger partial charge >= 0.3 is 0 Å². The second kappa shape index (κ2) is 5.49. The predicted octanol–water partition coefficient (Wildman–Crippen LogP) is 2.34. The smallest absolute Gasteiger partial charge is 0.258 e. The number of pyridine rings is 1. The molecule has 0 N–H and O–H groups in total. The number of aryl methyl sites for hydroxylation is 1. The number of allylic oxidation sites excluding steroid dienone is 1. The summed E-state index contributed by atoms with van der Waals surface area (Å²) in [4.78, 5) is 12.7. The van der Waals surface area contributed by atoms with Crippen LogP contribution in [0.2, 0.25) is 0 Å². The molecule has 0 spiro atoms. The highest BCUT2D eigenvalue weighted by Crippen LogP contribution is 2.10. The lowest BCUT2D eigenvalue weighted by atomic mass is 10.0. The van der Waals surface area contributed by atoms with Gasteiger partial charge in [-0.15, -0.1) is 0 Å². The molecule has 0 saturated heterocycles. The zero-order valence-corrected chi connectivity index (χ0v) is 12.4. The molecule has 2 nitrogen and oxygen atoms in total. The van der Waals surface area contributed by atoms with Gasteiger partial charge in [-0.25, -0.2) is 0 Å². The summed E-state index contributed by atoms with van der Waals surface area (Å²) in [5, 5.41) is 3.51. The zero-order valence-electron chi connectivity index (χ0n) is 12.4. The van der Waals surface area contributed by atoms with Crippen molar-refractivity contribution in [3.63, 3.8) is 0 Å². The average Bonchev–Trinajstić information content (AvgIpc) is 2.39. The minimum atomic E-state index is 0.0450. The molecule has 20 heavy (non-hydrogen) atoms. The third-order valence-corrected chi connectivity index (χ3v) is 3.49. The van der Waals surface area contributed by atoms with E-state index in [9.17, 15) is 4.79 Å². The predicted molar refractivity (Wildman–Crippen MR) is 87.2 cm³/mol. The number of fused-ring (bicyclic) bond motifs is 1. The Labute approximate surface area is 119 Å². The number of hydrogen-bond donors (Lipinski definition) is 0. The maximum atomic E-state index is 12.7. The van der Waals surface area contributed by atoms with E-state index in [1.165, 1.54) is 0 Å². The zero-order chi connectivity index (χ0) is 14.9. The van der Waals surface area contributed by atoms with Gasteiger partial charge in [0.05, 0.1) is 0 Å². The van der Waals surface area contributed by atoms with Crippen LogP contribution in [-0.4, -0.2) is 4.57 Å². The lowest BCUT2D eigenvalue weighted by Crippen LogP contribution is -2.44. The Hall–Kier alpha value is -2.09. The first-order valence-electron chi connectivity index (χ1n) is 6.91. The van der Waals surface area contributed by atoms with Crippen molar-refractivity contribution in [3.8, 4) is 0 Å². The number of benzene rings is 1. The summed E-state index contributed by atoms with van der Waals surface area (Å²) in [6.07, 6.45) is 3.69. The van der Waals surface area contributed by atoms with Gasteiger partial charge in [-0.1, -0.05) is 51.3 Å². The number of nitrogens with zero attached hydrogens (tertiary/aromatic N) is 1. The quantitative estimate of drug-likeness (QED) is 0.836. The van der Waals surface area contributed by atoms with Crippen LogP contribution in [0.25, 0.3) is 23.4 Å². The van der Waals surface area contributed by atoms with Crippen LogP contribution in [0, 0.1) is 12.8 Å². The van der Waals surface area contributed by atoms with Crippen LogP contribution in [0.4, 0.5) is 0 Å². The fourth-order valence-electron chi connectivity index (χ4n) is 2.62. The van der Waals surface area contributed by atoms with E-state index in [4.69, 9.17) is 0 Å². The van der Waals surface area contributed by atoms with Crippen LogP contribution in [0.15, 0.2) is 35.6 Å². The largest absolute Gasteiger partial charge is 0.308 e. The van der Waals surface area contributed by atoms with Crippen LogP contribution in [-0.2, 0) is 6.54 Å². The maximum absolute atomic E-state index is 12.7. The SMILES string of the molecule is C=C/C=c1/c(=C)n(CC(C)C)c(=O)c2cccc(C)c12. The fourth-order valence-corrected chi connectivity index (χ4v) is 2.62. The second-order valence-corrected chi connectivity index (χ2v) is 5.57. The Morgan fingerprint density at radius 2 is 2.05 bits per heavy atom. The van der Waals surface area contributed by atoms with Gasteiger partial charge in [0, 0.05) is 22.5 Å². The first-order valence-corrected chi connectivity index (χ1v) is 6.91. The Morgan fingerprint density at radius 1 is 1.35 bits per heavy atom. The Balaban J connectivity index is 3.08. The third-order valence-electron chi connectivity index (χ3n) is 3.49. The molecule has 2 rings (SSSR count). The third kappa shape index (κ3) is 2.34. The van der Waals surface area contributed by atoms with E-state index < -0.39 is 0 Å². The lowest BCUT2D eigenvalue weighted by molar-refractivity contribution is 0.503. The second-order valence-electron chi connectivity index (χ2n) is 5.57. The van der Waals surface area contributed by atoms with Gasteiger partial charge in [0.25, 0.3) is 5.56 Å². The minimum absolute atomic E-state index is 0.0450. The van der Waals surface area contributed by atoms with E-state index in [2.05, 4.69) is 27.0 Å². The molecule has 1 heterocycles. The average molecular weight is 267 g/mol. The molecular weight excluding hydrogens is 246 g/mol. The number of aromatic nitrogens is 1. The highest BCUT2D eigenvalue weighted by Gasteiger charge is 2.09. The van der Waals surface area contributed by atoms with E-state index in [0.717, 1.165) is 26.9 Å². The van der Waals surface area contributed by atoms with Crippen molar-refractivity contribution < 1.29 is 0 Å². The first-order chi connectivity index (χ1) is 9.47. The summed E-state index contributed by atoms with van der Waals surface area (Å²) in [7, 11) is 0. The number of rotatable bonds is 3. The van der Waals surface area contributed by atoms with Crippen molar-refractivity contribution >= 4 is 23.4 Å². The molecule has 1 aromatic carbocycles. The van der Waals surface area contributed by atoms with Crippen molar-refractivity contribution in [1.29, 1.82) is 0 Å². The molecule has 0 aliphatic rings. The molecule has 0 aliphatic heterocycles. The van der Waals surface area contributed by atoms with Crippen molar-refractivity contribution in [3.05, 3.63) is 57.3 Å². The Bertz CT molecular complexity index is 825. The molecule has 2 aromatic rings. The Morgan fingerprint density at radius 3 is 2.65 bits per heavy atom. The summed E-state index contributed by atoms with van der Waals surface area (Å²) < 4.78 is 1.78. The van der Waals surface area contributed by atoms with Gasteiger partial charge < -0.3 is 4.57 Å². The molecule has 0 atom stereocenters. The summed E-state index contributed by atoms with van der Waals surface area (Å²) in [6, 6.07) is 5.84. The molecule has 0 bridgehead atoms. The monoisotopic (exact) mass is 267 g/mol. The van der Waals surface area contributed by atoms with E-state index >= 15 is 0 Å². The van der Waals surface area contributed by atoms with Gasteiger partial charge in [0.1, 0.15) is 0 Å². The first kappa shape index (κ1) is 14.3. The van der Waals surface area contributed by atoms with Crippen LogP contribution in [0.1, 0.15) is 19.4 Å². The van der Waals surface area contributed by atoms with Crippen molar-refractivity contribution in [2.75, 3.05) is 0 Å². The van der Waals surface area contributed by atoms with Crippen LogP contribution >= 0.6 is 0 Å². The van der Waals surface area contributed by atoms with Crippen molar-refractivity contribution in [2.24, 2.45) is 5.92 Å². The standard InChI is InChI=1S/C18H21NO/c1-6-8-15-14(5)19(11-12(2)3)18(20)16-10-7-9-13(4)17(15)16/h6-10,12H,1,5,11H2,2-4H3/b15-8-. The minimum Gasteiger partial charge on any atom is -0.308 e. The molecule has 0 unspecified atom stereocenters. The summed E-state index contributed by atoms with van der Waals surface area (Å²) in [6.45, 7) is 14.8. The molecule has 104 valence electrons. The molecule has 0 fully saturated rings. The van der Waals surface area contributed by atoms with Gasteiger partial charge in [0.15, 0.2) is 0 Å². The van der Waals surface area contributed by atoms with E-state index in [0.29, 0.717) is 12.5 Å². The van der Waals surface area contributed by atoms with Gasteiger partial charge in [-0.05, 0) is 29.9 Å². The summed E-state index contributed by atoms with van der Waals surface area (Å²) in [5.74, 6) is 0.395.